The molecule has 0 bridgehead atoms. The Morgan fingerprint density at radius 1 is 1.26 bits per heavy atom. The molecule has 4 nitrogen and oxygen atoms in total. The molecule has 1 aromatic rings. The van der Waals surface area contributed by atoms with Crippen molar-refractivity contribution >= 4 is 17.6 Å². The van der Waals surface area contributed by atoms with Gasteiger partial charge in [0.15, 0.2) is 0 Å². The van der Waals surface area contributed by atoms with Crippen LogP contribution in [0.5, 0.6) is 0 Å². The van der Waals surface area contributed by atoms with E-state index in [2.05, 4.69) is 0 Å². The van der Waals surface area contributed by atoms with Gasteiger partial charge in [0.1, 0.15) is 0 Å². The molecule has 0 aromatic heterocycles. The van der Waals surface area contributed by atoms with Crippen molar-refractivity contribution in [2.75, 3.05) is 4.90 Å². The summed E-state index contributed by atoms with van der Waals surface area (Å²) in [5, 5.41) is 9.17. The van der Waals surface area contributed by atoms with Crippen LogP contribution in [0.25, 0.3) is 0 Å². The standard InChI is InChI=1S/C15H19NO3/c1-8-5-9(2)14(10(3)6-8)16-11(4)12(15(18)19)7-13(16)17/h5-6,11-12H,7H2,1-4H3,(H,18,19). The van der Waals surface area contributed by atoms with Gasteiger partial charge in [-0.1, -0.05) is 17.7 Å². The number of carbonyl (C=O) groups excluding carboxylic acids is 1. The monoisotopic (exact) mass is 261 g/mol. The first-order valence-electron chi connectivity index (χ1n) is 6.45. The average Bonchev–Trinajstić information content (AvgIpc) is 2.55. The second-order valence-corrected chi connectivity index (χ2v) is 5.40. The lowest BCUT2D eigenvalue weighted by atomic mass is 10.0. The van der Waals surface area contributed by atoms with Crippen LogP contribution in [0.2, 0.25) is 0 Å². The Balaban J connectivity index is 2.48. The zero-order valence-electron chi connectivity index (χ0n) is 11.7. The Hall–Kier alpha value is -1.84. The fourth-order valence-corrected chi connectivity index (χ4v) is 3.04. The van der Waals surface area contributed by atoms with Gasteiger partial charge in [-0.25, -0.2) is 0 Å². The fourth-order valence-electron chi connectivity index (χ4n) is 3.04. The molecule has 102 valence electrons. The molecule has 1 saturated heterocycles. The predicted molar refractivity (Wildman–Crippen MR) is 73.3 cm³/mol. The number of rotatable bonds is 2. The molecule has 2 rings (SSSR count). The van der Waals surface area contributed by atoms with E-state index in [0.29, 0.717) is 0 Å². The first-order valence-corrected chi connectivity index (χ1v) is 6.45. The van der Waals surface area contributed by atoms with Crippen LogP contribution in [-0.4, -0.2) is 23.0 Å². The summed E-state index contributed by atoms with van der Waals surface area (Å²) in [5.41, 5.74) is 4.05. The molecule has 1 N–H and O–H groups in total. The summed E-state index contributed by atoms with van der Waals surface area (Å²) in [7, 11) is 0. The summed E-state index contributed by atoms with van der Waals surface area (Å²) < 4.78 is 0. The van der Waals surface area contributed by atoms with Crippen molar-refractivity contribution < 1.29 is 14.7 Å². The molecule has 1 fully saturated rings. The third kappa shape index (κ3) is 2.23. The van der Waals surface area contributed by atoms with Gasteiger partial charge in [0.25, 0.3) is 0 Å². The van der Waals surface area contributed by atoms with Crippen LogP contribution in [0.1, 0.15) is 30.0 Å². The van der Waals surface area contributed by atoms with Gasteiger partial charge in [0.05, 0.1) is 5.92 Å². The Morgan fingerprint density at radius 2 is 1.79 bits per heavy atom. The number of anilines is 1. The molecule has 2 unspecified atom stereocenters. The second kappa shape index (κ2) is 4.68. The molecule has 1 aliphatic heterocycles. The number of nitrogens with zero attached hydrogens (tertiary/aromatic N) is 1. The van der Waals surface area contributed by atoms with Gasteiger partial charge in [0.2, 0.25) is 5.91 Å². The van der Waals surface area contributed by atoms with Crippen molar-refractivity contribution in [1.82, 2.24) is 0 Å². The molecule has 1 aromatic carbocycles. The van der Waals surface area contributed by atoms with Gasteiger partial charge in [-0.2, -0.15) is 0 Å². The van der Waals surface area contributed by atoms with Crippen LogP contribution in [0.4, 0.5) is 5.69 Å². The topological polar surface area (TPSA) is 57.6 Å². The normalized spacial score (nSPS) is 22.9. The van der Waals surface area contributed by atoms with E-state index in [4.69, 9.17) is 5.11 Å². The van der Waals surface area contributed by atoms with Crippen LogP contribution in [-0.2, 0) is 9.59 Å². The number of hydrogen-bond donors (Lipinski definition) is 1. The highest BCUT2D eigenvalue weighted by Crippen LogP contribution is 2.35. The van der Waals surface area contributed by atoms with Crippen molar-refractivity contribution in [2.45, 2.75) is 40.2 Å². The minimum absolute atomic E-state index is 0.0866. The summed E-state index contributed by atoms with van der Waals surface area (Å²) >= 11 is 0. The molecular formula is C15H19NO3. The largest absolute Gasteiger partial charge is 0.481 e. The molecule has 4 heteroatoms. The maximum Gasteiger partial charge on any atom is 0.309 e. The highest BCUT2D eigenvalue weighted by Gasteiger charge is 2.42. The van der Waals surface area contributed by atoms with Gasteiger partial charge in [0, 0.05) is 18.2 Å². The Bertz CT molecular complexity index is 527. The quantitative estimate of drug-likeness (QED) is 0.889. The first-order chi connectivity index (χ1) is 8.82. The Morgan fingerprint density at radius 3 is 2.21 bits per heavy atom. The van der Waals surface area contributed by atoms with Crippen molar-refractivity contribution in [2.24, 2.45) is 5.92 Å². The summed E-state index contributed by atoms with van der Waals surface area (Å²) in [4.78, 5) is 25.0. The number of benzene rings is 1. The van der Waals surface area contributed by atoms with Crippen LogP contribution >= 0.6 is 0 Å². The average molecular weight is 261 g/mol. The smallest absolute Gasteiger partial charge is 0.309 e. The van der Waals surface area contributed by atoms with Crippen LogP contribution in [0.3, 0.4) is 0 Å². The van der Waals surface area contributed by atoms with E-state index in [9.17, 15) is 9.59 Å². The number of hydrogen-bond acceptors (Lipinski definition) is 2. The van der Waals surface area contributed by atoms with Gasteiger partial charge < -0.3 is 10.0 Å². The number of aliphatic carboxylic acids is 1. The molecule has 0 saturated carbocycles. The van der Waals surface area contributed by atoms with Crippen LogP contribution in [0.15, 0.2) is 12.1 Å². The SMILES string of the molecule is Cc1cc(C)c(N2C(=O)CC(C(=O)O)C2C)c(C)c1. The molecular weight excluding hydrogens is 242 g/mol. The van der Waals surface area contributed by atoms with E-state index in [1.807, 2.05) is 39.8 Å². The minimum Gasteiger partial charge on any atom is -0.481 e. The summed E-state index contributed by atoms with van der Waals surface area (Å²) in [6.45, 7) is 7.74. The van der Waals surface area contributed by atoms with E-state index < -0.39 is 11.9 Å². The number of aryl methyl sites for hydroxylation is 3. The summed E-state index contributed by atoms with van der Waals surface area (Å²) in [6, 6.07) is 3.75. The van der Waals surface area contributed by atoms with Crippen molar-refractivity contribution in [3.05, 3.63) is 28.8 Å². The zero-order chi connectivity index (χ0) is 14.3. The lowest BCUT2D eigenvalue weighted by molar-refractivity contribution is -0.142. The third-order valence-corrected chi connectivity index (χ3v) is 3.85. The zero-order valence-corrected chi connectivity index (χ0v) is 11.7. The van der Waals surface area contributed by atoms with Crippen LogP contribution < -0.4 is 4.90 Å². The molecule has 0 radical (unpaired) electrons. The van der Waals surface area contributed by atoms with Gasteiger partial charge in [-0.3, -0.25) is 9.59 Å². The van der Waals surface area contributed by atoms with E-state index >= 15 is 0 Å². The number of carbonyl (C=O) groups is 2. The summed E-state index contributed by atoms with van der Waals surface area (Å²) in [5.74, 6) is -1.62. The highest BCUT2D eigenvalue weighted by atomic mass is 16.4. The molecule has 0 aliphatic carbocycles. The van der Waals surface area contributed by atoms with Gasteiger partial charge in [-0.05, 0) is 38.8 Å². The molecule has 1 aliphatic rings. The maximum absolute atomic E-state index is 12.2. The molecule has 2 atom stereocenters. The first kappa shape index (κ1) is 13.6. The van der Waals surface area contributed by atoms with E-state index in [-0.39, 0.29) is 18.4 Å². The van der Waals surface area contributed by atoms with Crippen molar-refractivity contribution in [3.8, 4) is 0 Å². The Kier molecular flexibility index (Phi) is 3.35. The van der Waals surface area contributed by atoms with Crippen LogP contribution in [0, 0.1) is 26.7 Å². The minimum atomic E-state index is -0.897. The summed E-state index contributed by atoms with van der Waals surface area (Å²) in [6.07, 6.45) is 0.0866. The van der Waals surface area contributed by atoms with E-state index in [0.717, 1.165) is 22.4 Å². The molecule has 1 amide bonds. The third-order valence-electron chi connectivity index (χ3n) is 3.85. The predicted octanol–water partition coefficient (Wildman–Crippen LogP) is 2.44. The molecule has 19 heavy (non-hydrogen) atoms. The fraction of sp³-hybridized carbons (Fsp3) is 0.467. The van der Waals surface area contributed by atoms with Crippen molar-refractivity contribution in [1.29, 1.82) is 0 Å². The van der Waals surface area contributed by atoms with E-state index in [1.54, 1.807) is 4.90 Å². The number of carboxylic acids is 1. The second-order valence-electron chi connectivity index (χ2n) is 5.40. The number of amides is 1. The lowest BCUT2D eigenvalue weighted by Crippen LogP contribution is -2.35. The maximum atomic E-state index is 12.2. The Labute approximate surface area is 113 Å². The molecule has 0 spiro atoms. The molecule has 1 heterocycles. The van der Waals surface area contributed by atoms with Crippen molar-refractivity contribution in [3.63, 3.8) is 0 Å². The van der Waals surface area contributed by atoms with Gasteiger partial charge >= 0.3 is 5.97 Å². The highest BCUT2D eigenvalue weighted by molar-refractivity contribution is 6.01. The van der Waals surface area contributed by atoms with E-state index in [1.165, 1.54) is 0 Å². The number of carboxylic acid groups (broad SMARTS) is 1. The van der Waals surface area contributed by atoms with Gasteiger partial charge in [-0.15, -0.1) is 0 Å². The lowest BCUT2D eigenvalue weighted by Gasteiger charge is -2.27.